The van der Waals surface area contributed by atoms with Crippen molar-refractivity contribution in [3.8, 4) is 5.75 Å². The van der Waals surface area contributed by atoms with E-state index in [1.54, 1.807) is 13.0 Å². The molecular formula is C8H11ClN2O3. The number of halogens is 1. The number of hydrogen-bond acceptors (Lipinski definition) is 4. The SMILES string of the molecule is Cc1cc(CN)c(O)c([N+](=O)[O-])c1.Cl. The van der Waals surface area contributed by atoms with Gasteiger partial charge in [-0.25, -0.2) is 0 Å². The number of rotatable bonds is 2. The fourth-order valence-electron chi connectivity index (χ4n) is 1.13. The lowest BCUT2D eigenvalue weighted by molar-refractivity contribution is -0.386. The molecule has 14 heavy (non-hydrogen) atoms. The summed E-state index contributed by atoms with van der Waals surface area (Å²) >= 11 is 0. The number of hydrogen-bond donors (Lipinski definition) is 2. The Morgan fingerprint density at radius 1 is 1.57 bits per heavy atom. The van der Waals surface area contributed by atoms with E-state index in [-0.39, 0.29) is 30.4 Å². The van der Waals surface area contributed by atoms with Crippen molar-refractivity contribution in [3.05, 3.63) is 33.4 Å². The number of benzene rings is 1. The molecule has 0 fully saturated rings. The highest BCUT2D eigenvalue weighted by Crippen LogP contribution is 2.30. The average Bonchev–Trinajstić information content (AvgIpc) is 2.08. The van der Waals surface area contributed by atoms with Crippen molar-refractivity contribution in [2.24, 2.45) is 5.73 Å². The zero-order chi connectivity index (χ0) is 10.0. The summed E-state index contributed by atoms with van der Waals surface area (Å²) in [5.74, 6) is -0.335. The molecule has 0 aliphatic rings. The molecule has 0 radical (unpaired) electrons. The summed E-state index contributed by atoms with van der Waals surface area (Å²) in [4.78, 5) is 9.82. The Balaban J connectivity index is 0.00000169. The number of nitro groups is 1. The Morgan fingerprint density at radius 3 is 2.57 bits per heavy atom. The number of phenols is 1. The molecule has 0 aliphatic heterocycles. The highest BCUT2D eigenvalue weighted by Gasteiger charge is 2.16. The Labute approximate surface area is 87.1 Å². The molecule has 1 rings (SSSR count). The average molecular weight is 219 g/mol. The number of nitrogens with two attached hydrogens (primary N) is 1. The van der Waals surface area contributed by atoms with E-state index in [2.05, 4.69) is 0 Å². The van der Waals surface area contributed by atoms with Gasteiger partial charge in [0, 0.05) is 18.2 Å². The summed E-state index contributed by atoms with van der Waals surface area (Å²) in [6, 6.07) is 2.94. The van der Waals surface area contributed by atoms with Crippen molar-refractivity contribution in [2.75, 3.05) is 0 Å². The Morgan fingerprint density at radius 2 is 2.14 bits per heavy atom. The van der Waals surface area contributed by atoms with Gasteiger partial charge in [-0.05, 0) is 12.5 Å². The molecule has 0 atom stereocenters. The van der Waals surface area contributed by atoms with E-state index in [4.69, 9.17) is 5.73 Å². The fraction of sp³-hybridized carbons (Fsp3) is 0.250. The number of phenolic OH excluding ortho intramolecular Hbond substituents is 1. The highest BCUT2D eigenvalue weighted by atomic mass is 35.5. The first-order valence-corrected chi connectivity index (χ1v) is 3.73. The number of aromatic hydroxyl groups is 1. The topological polar surface area (TPSA) is 89.4 Å². The lowest BCUT2D eigenvalue weighted by Crippen LogP contribution is -1.99. The molecule has 0 unspecified atom stereocenters. The fourth-order valence-corrected chi connectivity index (χ4v) is 1.13. The van der Waals surface area contributed by atoms with E-state index in [0.29, 0.717) is 11.1 Å². The maximum atomic E-state index is 10.4. The van der Waals surface area contributed by atoms with E-state index in [0.717, 1.165) is 0 Å². The van der Waals surface area contributed by atoms with Crippen molar-refractivity contribution < 1.29 is 10.0 Å². The van der Waals surface area contributed by atoms with Crippen LogP contribution in [-0.2, 0) is 6.54 Å². The van der Waals surface area contributed by atoms with E-state index in [9.17, 15) is 15.2 Å². The van der Waals surface area contributed by atoms with Gasteiger partial charge in [0.2, 0.25) is 0 Å². The van der Waals surface area contributed by atoms with Crippen molar-refractivity contribution in [1.82, 2.24) is 0 Å². The summed E-state index contributed by atoms with van der Waals surface area (Å²) in [6.45, 7) is 1.81. The van der Waals surface area contributed by atoms with Gasteiger partial charge < -0.3 is 10.8 Å². The van der Waals surface area contributed by atoms with Gasteiger partial charge >= 0.3 is 5.69 Å². The van der Waals surface area contributed by atoms with Gasteiger partial charge in [-0.3, -0.25) is 10.1 Å². The largest absolute Gasteiger partial charge is 0.502 e. The third-order valence-corrected chi connectivity index (χ3v) is 1.73. The standard InChI is InChI=1S/C8H10N2O3.ClH/c1-5-2-6(4-9)8(11)7(3-5)10(12)13;/h2-3,11H,4,9H2,1H3;1H. The summed E-state index contributed by atoms with van der Waals surface area (Å²) in [5.41, 5.74) is 6.12. The molecule has 5 nitrogen and oxygen atoms in total. The van der Waals surface area contributed by atoms with Crippen LogP contribution in [0.3, 0.4) is 0 Å². The van der Waals surface area contributed by atoms with E-state index in [1.807, 2.05) is 0 Å². The molecule has 3 N–H and O–H groups in total. The van der Waals surface area contributed by atoms with E-state index >= 15 is 0 Å². The molecule has 78 valence electrons. The molecule has 0 heterocycles. The van der Waals surface area contributed by atoms with Crippen LogP contribution in [0.2, 0.25) is 0 Å². The zero-order valence-corrected chi connectivity index (χ0v) is 8.37. The second-order valence-corrected chi connectivity index (χ2v) is 2.75. The van der Waals surface area contributed by atoms with Crippen molar-refractivity contribution in [2.45, 2.75) is 13.5 Å². The summed E-state index contributed by atoms with van der Waals surface area (Å²) in [7, 11) is 0. The molecule has 0 bridgehead atoms. The monoisotopic (exact) mass is 218 g/mol. The number of aryl methyl sites for hydroxylation is 1. The second kappa shape index (κ2) is 4.78. The molecule has 0 saturated carbocycles. The molecule has 0 aromatic heterocycles. The van der Waals surface area contributed by atoms with Crippen LogP contribution in [0.15, 0.2) is 12.1 Å². The third kappa shape index (κ3) is 2.34. The quantitative estimate of drug-likeness (QED) is 0.581. The maximum absolute atomic E-state index is 10.4. The van der Waals surface area contributed by atoms with E-state index in [1.165, 1.54) is 6.07 Å². The minimum Gasteiger partial charge on any atom is -0.502 e. The van der Waals surface area contributed by atoms with Crippen LogP contribution >= 0.6 is 12.4 Å². The summed E-state index contributed by atoms with van der Waals surface area (Å²) in [6.07, 6.45) is 0. The molecule has 0 amide bonds. The van der Waals surface area contributed by atoms with Gasteiger partial charge in [0.05, 0.1) is 4.92 Å². The molecule has 0 spiro atoms. The first kappa shape index (κ1) is 12.7. The maximum Gasteiger partial charge on any atom is 0.311 e. The van der Waals surface area contributed by atoms with Crippen molar-refractivity contribution >= 4 is 18.1 Å². The third-order valence-electron chi connectivity index (χ3n) is 1.73. The van der Waals surface area contributed by atoms with Gasteiger partial charge in [-0.1, -0.05) is 6.07 Å². The Kier molecular flexibility index (Phi) is 4.33. The normalized spacial score (nSPS) is 9.29. The van der Waals surface area contributed by atoms with Crippen LogP contribution in [0.25, 0.3) is 0 Å². The smallest absolute Gasteiger partial charge is 0.311 e. The lowest BCUT2D eigenvalue weighted by Gasteiger charge is -2.03. The van der Waals surface area contributed by atoms with Gasteiger partial charge in [0.25, 0.3) is 0 Å². The molecule has 0 saturated heterocycles. The van der Waals surface area contributed by atoms with Crippen LogP contribution in [0.5, 0.6) is 5.75 Å². The molecular weight excluding hydrogens is 208 g/mol. The first-order valence-electron chi connectivity index (χ1n) is 3.73. The first-order chi connectivity index (χ1) is 6.06. The molecule has 1 aromatic carbocycles. The van der Waals surface area contributed by atoms with Crippen LogP contribution in [0.4, 0.5) is 5.69 Å². The summed E-state index contributed by atoms with van der Waals surface area (Å²) in [5, 5.41) is 19.8. The Bertz CT molecular complexity index is 355. The highest BCUT2D eigenvalue weighted by molar-refractivity contribution is 5.85. The van der Waals surface area contributed by atoms with Crippen LogP contribution < -0.4 is 5.73 Å². The van der Waals surface area contributed by atoms with E-state index < -0.39 is 4.92 Å². The van der Waals surface area contributed by atoms with Crippen molar-refractivity contribution in [3.63, 3.8) is 0 Å². The lowest BCUT2D eigenvalue weighted by atomic mass is 10.1. The number of nitro benzene ring substituents is 1. The van der Waals surface area contributed by atoms with Gasteiger partial charge in [-0.15, -0.1) is 12.4 Å². The van der Waals surface area contributed by atoms with Crippen LogP contribution in [0.1, 0.15) is 11.1 Å². The predicted molar refractivity (Wildman–Crippen MR) is 54.6 cm³/mol. The van der Waals surface area contributed by atoms with Crippen LogP contribution in [-0.4, -0.2) is 10.0 Å². The predicted octanol–water partition coefficient (Wildman–Crippen LogP) is 1.49. The van der Waals surface area contributed by atoms with Gasteiger partial charge in [0.1, 0.15) is 0 Å². The second-order valence-electron chi connectivity index (χ2n) is 2.75. The molecule has 0 aliphatic carbocycles. The molecule has 6 heteroatoms. The number of nitrogens with zero attached hydrogens (tertiary/aromatic N) is 1. The minimum absolute atomic E-state index is 0. The Hall–Kier alpha value is -1.33. The van der Waals surface area contributed by atoms with Gasteiger partial charge in [-0.2, -0.15) is 0 Å². The molecule has 1 aromatic rings. The van der Waals surface area contributed by atoms with Crippen molar-refractivity contribution in [1.29, 1.82) is 0 Å². The van der Waals surface area contributed by atoms with Gasteiger partial charge in [0.15, 0.2) is 5.75 Å². The summed E-state index contributed by atoms with van der Waals surface area (Å²) < 4.78 is 0. The minimum atomic E-state index is -0.624. The zero-order valence-electron chi connectivity index (χ0n) is 7.56. The van der Waals surface area contributed by atoms with Crippen LogP contribution in [0, 0.1) is 17.0 Å².